The highest BCUT2D eigenvalue weighted by molar-refractivity contribution is 7.88. The average molecular weight is 450 g/mol. The quantitative estimate of drug-likeness (QED) is 0.230. The van der Waals surface area contributed by atoms with Crippen LogP contribution >= 0.6 is 0 Å². The van der Waals surface area contributed by atoms with Crippen molar-refractivity contribution in [1.82, 2.24) is 0 Å². The van der Waals surface area contributed by atoms with Crippen molar-refractivity contribution in [2.45, 2.75) is 5.51 Å². The predicted molar refractivity (Wildman–Crippen MR) is 114 cm³/mol. The van der Waals surface area contributed by atoms with Crippen molar-refractivity contribution in [1.29, 1.82) is 0 Å². The first-order valence-corrected chi connectivity index (χ1v) is 10.1. The zero-order valence-electron chi connectivity index (χ0n) is 15.8. The zero-order valence-corrected chi connectivity index (χ0v) is 16.6. The number of rotatable bonds is 2. The zero-order chi connectivity index (χ0) is 22.8. The maximum absolute atomic E-state index is 12.2. The first-order chi connectivity index (χ1) is 14.4. The predicted octanol–water partition coefficient (Wildman–Crippen LogP) is 4.78. The molecule has 0 aromatic heterocycles. The van der Waals surface area contributed by atoms with Crippen molar-refractivity contribution in [2.24, 2.45) is 0 Å². The highest BCUT2D eigenvalue weighted by atomic mass is 32.2. The van der Waals surface area contributed by atoms with Crippen molar-refractivity contribution >= 4 is 43.0 Å². The van der Waals surface area contributed by atoms with Crippen LogP contribution in [0.2, 0.25) is 0 Å². The Bertz CT molecular complexity index is 1320. The summed E-state index contributed by atoms with van der Waals surface area (Å²) in [6.45, 7) is 0. The smallest absolute Gasteiger partial charge is 0.508 e. The van der Waals surface area contributed by atoms with E-state index in [0.29, 0.717) is 22.1 Å². The maximum atomic E-state index is 12.2. The minimum atomic E-state index is -5.66. The molecule has 0 aliphatic carbocycles. The van der Waals surface area contributed by atoms with E-state index in [1.54, 1.807) is 24.3 Å². The van der Waals surface area contributed by atoms with E-state index in [0.717, 1.165) is 16.8 Å². The van der Waals surface area contributed by atoms with E-state index in [4.69, 9.17) is 11.5 Å². The molecule has 0 fully saturated rings. The number of alkyl halides is 3. The Balaban J connectivity index is 0.000000194. The molecule has 0 aliphatic rings. The van der Waals surface area contributed by atoms with Gasteiger partial charge in [0.2, 0.25) is 0 Å². The summed E-state index contributed by atoms with van der Waals surface area (Å²) in [6.07, 6.45) is 0. The molecule has 162 valence electrons. The number of anilines is 2. The lowest BCUT2D eigenvalue weighted by Gasteiger charge is -2.10. The lowest BCUT2D eigenvalue weighted by molar-refractivity contribution is -0.0500. The van der Waals surface area contributed by atoms with Crippen LogP contribution in [0.4, 0.5) is 24.5 Å². The Morgan fingerprint density at radius 2 is 1.19 bits per heavy atom. The first-order valence-electron chi connectivity index (χ1n) is 8.73. The van der Waals surface area contributed by atoms with E-state index in [-0.39, 0.29) is 5.75 Å². The summed E-state index contributed by atoms with van der Waals surface area (Å²) in [4.78, 5) is 0. The Morgan fingerprint density at radius 3 is 1.74 bits per heavy atom. The van der Waals surface area contributed by atoms with E-state index in [9.17, 15) is 26.7 Å². The third-order valence-electron chi connectivity index (χ3n) is 4.17. The Hall–Kier alpha value is -3.66. The van der Waals surface area contributed by atoms with Crippen molar-refractivity contribution in [3.8, 4) is 11.5 Å². The molecule has 0 heterocycles. The number of hydrogen-bond acceptors (Lipinski definition) is 6. The van der Waals surface area contributed by atoms with E-state index in [2.05, 4.69) is 4.18 Å². The molecule has 0 atom stereocenters. The number of phenolic OH excluding ortho intramolecular Hbond substituents is 1. The summed E-state index contributed by atoms with van der Waals surface area (Å²) >= 11 is 0. The minimum absolute atomic E-state index is 0.271. The summed E-state index contributed by atoms with van der Waals surface area (Å²) in [7, 11) is -5.66. The fourth-order valence-corrected chi connectivity index (χ4v) is 3.17. The van der Waals surface area contributed by atoms with Crippen molar-refractivity contribution in [3.63, 3.8) is 0 Å². The van der Waals surface area contributed by atoms with Crippen molar-refractivity contribution < 1.29 is 30.9 Å². The van der Waals surface area contributed by atoms with Gasteiger partial charge in [-0.25, -0.2) is 0 Å². The molecule has 4 aromatic rings. The third kappa shape index (κ3) is 5.28. The number of hydrogen-bond donors (Lipinski definition) is 3. The molecule has 0 saturated carbocycles. The largest absolute Gasteiger partial charge is 0.534 e. The van der Waals surface area contributed by atoms with E-state index < -0.39 is 21.4 Å². The minimum Gasteiger partial charge on any atom is -0.508 e. The number of aromatic hydroxyl groups is 1. The molecule has 0 amide bonds. The monoisotopic (exact) mass is 450 g/mol. The molecular weight excluding hydrogens is 433 g/mol. The molecule has 0 unspecified atom stereocenters. The van der Waals surface area contributed by atoms with E-state index >= 15 is 0 Å². The molecule has 0 radical (unpaired) electrons. The second kappa shape index (κ2) is 8.23. The molecule has 0 saturated heterocycles. The highest BCUT2D eigenvalue weighted by Gasteiger charge is 2.48. The molecular formula is C21H17F3N2O4S. The van der Waals surface area contributed by atoms with Crippen LogP contribution in [0.5, 0.6) is 11.5 Å². The van der Waals surface area contributed by atoms with Crippen molar-refractivity contribution in [3.05, 3.63) is 72.8 Å². The number of halogens is 3. The normalized spacial score (nSPS) is 11.7. The Labute approximate surface area is 175 Å². The van der Waals surface area contributed by atoms with Crippen LogP contribution in [0.25, 0.3) is 21.5 Å². The van der Waals surface area contributed by atoms with Crippen LogP contribution < -0.4 is 15.7 Å². The number of benzene rings is 4. The van der Waals surface area contributed by atoms with Gasteiger partial charge < -0.3 is 20.8 Å². The summed E-state index contributed by atoms with van der Waals surface area (Å²) in [5, 5.41) is 12.4. The van der Waals surface area contributed by atoms with Gasteiger partial charge in [-0.1, -0.05) is 24.3 Å². The van der Waals surface area contributed by atoms with Crippen LogP contribution in [-0.4, -0.2) is 19.0 Å². The van der Waals surface area contributed by atoms with Crippen LogP contribution in [0, 0.1) is 0 Å². The summed E-state index contributed by atoms with van der Waals surface area (Å²) in [5.74, 6) is -0.150. The van der Waals surface area contributed by atoms with Crippen LogP contribution in [0.3, 0.4) is 0 Å². The van der Waals surface area contributed by atoms with Crippen molar-refractivity contribution in [2.75, 3.05) is 11.5 Å². The fraction of sp³-hybridized carbons (Fsp3) is 0.0476. The van der Waals surface area contributed by atoms with Gasteiger partial charge in [-0.15, -0.1) is 0 Å². The van der Waals surface area contributed by atoms with Crippen LogP contribution in [0.15, 0.2) is 72.8 Å². The molecule has 4 aromatic carbocycles. The molecule has 6 nitrogen and oxygen atoms in total. The van der Waals surface area contributed by atoms with Gasteiger partial charge in [0.15, 0.2) is 0 Å². The molecule has 10 heteroatoms. The van der Waals surface area contributed by atoms with Gasteiger partial charge in [-0.2, -0.15) is 21.6 Å². The van der Waals surface area contributed by atoms with Gasteiger partial charge >= 0.3 is 15.6 Å². The van der Waals surface area contributed by atoms with Gasteiger partial charge in [-0.05, 0) is 70.1 Å². The van der Waals surface area contributed by atoms with Gasteiger partial charge in [0.1, 0.15) is 11.5 Å². The van der Waals surface area contributed by atoms with E-state index in [1.165, 1.54) is 18.2 Å². The lowest BCUT2D eigenvalue weighted by Crippen LogP contribution is -2.28. The summed E-state index contributed by atoms with van der Waals surface area (Å²) < 4.78 is 62.2. The average Bonchev–Trinajstić information content (AvgIpc) is 2.66. The third-order valence-corrected chi connectivity index (χ3v) is 5.15. The van der Waals surface area contributed by atoms with Crippen LogP contribution in [0.1, 0.15) is 0 Å². The number of fused-ring (bicyclic) bond motifs is 2. The van der Waals surface area contributed by atoms with Gasteiger partial charge in [0, 0.05) is 11.4 Å². The number of phenols is 1. The second-order valence-corrected chi connectivity index (χ2v) is 8.08. The molecule has 31 heavy (non-hydrogen) atoms. The summed E-state index contributed by atoms with van der Waals surface area (Å²) in [6, 6.07) is 19.4. The SMILES string of the molecule is Nc1ccc2ccc(O)cc2c1.Nc1ccc2ccc(OS(=O)(=O)C(F)(F)F)cc2c1. The molecule has 0 bridgehead atoms. The van der Waals surface area contributed by atoms with Gasteiger partial charge in [0.05, 0.1) is 0 Å². The van der Waals surface area contributed by atoms with Gasteiger partial charge in [-0.3, -0.25) is 0 Å². The Morgan fingerprint density at radius 1 is 0.710 bits per heavy atom. The van der Waals surface area contributed by atoms with Crippen LogP contribution in [-0.2, 0) is 10.1 Å². The molecule has 5 N–H and O–H groups in total. The second-order valence-electron chi connectivity index (χ2n) is 6.54. The maximum Gasteiger partial charge on any atom is 0.534 e. The van der Waals surface area contributed by atoms with Gasteiger partial charge in [0.25, 0.3) is 0 Å². The first kappa shape index (κ1) is 22.0. The summed E-state index contributed by atoms with van der Waals surface area (Å²) in [5.41, 5.74) is 6.78. The topological polar surface area (TPSA) is 116 Å². The molecule has 0 spiro atoms. The lowest BCUT2D eigenvalue weighted by atomic mass is 10.1. The molecule has 0 aliphatic heterocycles. The standard InChI is InChI=1S/C11H8F3NO3S.C10H9NO/c12-11(13,14)19(16,17)18-10-4-2-7-1-3-9(15)5-8(7)6-10;11-9-3-1-7-2-4-10(12)6-8(7)5-9/h1-6H,15H2;1-6,12H,11H2. The fourth-order valence-electron chi connectivity index (χ4n) is 2.72. The Kier molecular flexibility index (Phi) is 5.85. The number of nitrogen functional groups attached to an aromatic ring is 2. The molecule has 4 rings (SSSR count). The highest BCUT2D eigenvalue weighted by Crippen LogP contribution is 2.29. The number of nitrogens with two attached hydrogens (primary N) is 2. The van der Waals surface area contributed by atoms with E-state index in [1.807, 2.05) is 24.3 Å².